The number of carbonyl (C=O) groups excluding carboxylic acids is 1. The molecule has 2 aromatic rings. The van der Waals surface area contributed by atoms with Crippen LogP contribution in [0.3, 0.4) is 0 Å². The van der Waals surface area contributed by atoms with Gasteiger partial charge in [0.05, 0.1) is 5.56 Å². The minimum atomic E-state index is -0.468. The van der Waals surface area contributed by atoms with Crippen molar-refractivity contribution < 1.29 is 9.18 Å². The Morgan fingerprint density at radius 1 is 1.21 bits per heavy atom. The van der Waals surface area contributed by atoms with Gasteiger partial charge in [0, 0.05) is 10.9 Å². The monoisotopic (exact) mass is 320 g/mol. The molecule has 0 amide bonds. The predicted octanol–water partition coefficient (Wildman–Crippen LogP) is 4.71. The Balaban J connectivity index is 2.08. The normalized spacial score (nSPS) is 10.5. The largest absolute Gasteiger partial charge is 0.294 e. The standard InChI is InChI=1S/C16H14BrFO/c1-11-4-2-3-5-12(11)6-9-16(19)14-8-7-13(17)10-15(14)18/h2-5,7-8,10H,6,9H2,1H3. The first-order chi connectivity index (χ1) is 9.08. The lowest BCUT2D eigenvalue weighted by Gasteiger charge is -2.06. The maximum atomic E-state index is 13.7. The number of hydrogen-bond acceptors (Lipinski definition) is 1. The second-order valence-corrected chi connectivity index (χ2v) is 5.39. The first-order valence-corrected chi connectivity index (χ1v) is 6.90. The van der Waals surface area contributed by atoms with E-state index in [0.717, 1.165) is 11.1 Å². The van der Waals surface area contributed by atoms with E-state index in [9.17, 15) is 9.18 Å². The van der Waals surface area contributed by atoms with Crippen LogP contribution in [0.1, 0.15) is 27.9 Å². The maximum absolute atomic E-state index is 13.7. The summed E-state index contributed by atoms with van der Waals surface area (Å²) in [5.41, 5.74) is 2.46. The molecule has 19 heavy (non-hydrogen) atoms. The Morgan fingerprint density at radius 3 is 2.63 bits per heavy atom. The van der Waals surface area contributed by atoms with Crippen LogP contribution in [0.2, 0.25) is 0 Å². The first kappa shape index (κ1) is 13.9. The molecule has 0 saturated heterocycles. The van der Waals surface area contributed by atoms with Gasteiger partial charge in [0.2, 0.25) is 0 Å². The topological polar surface area (TPSA) is 17.1 Å². The van der Waals surface area contributed by atoms with Crippen LogP contribution in [0.4, 0.5) is 4.39 Å². The second-order valence-electron chi connectivity index (χ2n) is 4.47. The molecule has 2 aromatic carbocycles. The molecule has 0 aliphatic rings. The minimum Gasteiger partial charge on any atom is -0.294 e. The van der Waals surface area contributed by atoms with Gasteiger partial charge in [-0.15, -0.1) is 0 Å². The molecule has 0 spiro atoms. The Bertz CT molecular complexity index is 607. The van der Waals surface area contributed by atoms with Crippen LogP contribution in [0, 0.1) is 12.7 Å². The van der Waals surface area contributed by atoms with Crippen LogP contribution in [-0.4, -0.2) is 5.78 Å². The van der Waals surface area contributed by atoms with Crippen molar-refractivity contribution >= 4 is 21.7 Å². The van der Waals surface area contributed by atoms with Crippen LogP contribution in [0.5, 0.6) is 0 Å². The van der Waals surface area contributed by atoms with Crippen LogP contribution >= 0.6 is 15.9 Å². The van der Waals surface area contributed by atoms with Crippen LogP contribution in [-0.2, 0) is 6.42 Å². The molecular formula is C16H14BrFO. The number of hydrogen-bond donors (Lipinski definition) is 0. The molecule has 0 aromatic heterocycles. The molecule has 0 fully saturated rings. The molecule has 0 N–H and O–H groups in total. The summed E-state index contributed by atoms with van der Waals surface area (Å²) in [6.07, 6.45) is 0.963. The molecule has 0 saturated carbocycles. The van der Waals surface area contributed by atoms with Crippen molar-refractivity contribution in [2.75, 3.05) is 0 Å². The van der Waals surface area contributed by atoms with E-state index in [2.05, 4.69) is 15.9 Å². The van der Waals surface area contributed by atoms with E-state index in [1.807, 2.05) is 31.2 Å². The lowest BCUT2D eigenvalue weighted by Crippen LogP contribution is -2.04. The van der Waals surface area contributed by atoms with Crippen molar-refractivity contribution in [3.05, 3.63) is 69.4 Å². The van der Waals surface area contributed by atoms with E-state index in [1.54, 1.807) is 6.07 Å². The van der Waals surface area contributed by atoms with Gasteiger partial charge in [-0.1, -0.05) is 40.2 Å². The first-order valence-electron chi connectivity index (χ1n) is 6.10. The SMILES string of the molecule is Cc1ccccc1CCC(=O)c1ccc(Br)cc1F. The molecule has 0 radical (unpaired) electrons. The summed E-state index contributed by atoms with van der Waals surface area (Å²) >= 11 is 3.18. The Morgan fingerprint density at radius 2 is 1.95 bits per heavy atom. The van der Waals surface area contributed by atoms with Crippen molar-refractivity contribution in [3.8, 4) is 0 Å². The van der Waals surface area contributed by atoms with Crippen molar-refractivity contribution in [1.29, 1.82) is 0 Å². The molecule has 3 heteroatoms. The summed E-state index contributed by atoms with van der Waals surface area (Å²) in [7, 11) is 0. The van der Waals surface area contributed by atoms with Gasteiger partial charge in [-0.25, -0.2) is 4.39 Å². The quantitative estimate of drug-likeness (QED) is 0.745. The number of carbonyl (C=O) groups is 1. The third-order valence-corrected chi connectivity index (χ3v) is 3.61. The zero-order valence-electron chi connectivity index (χ0n) is 10.6. The van der Waals surface area contributed by atoms with Gasteiger partial charge < -0.3 is 0 Å². The molecule has 2 rings (SSSR count). The number of halogens is 2. The van der Waals surface area contributed by atoms with Gasteiger partial charge in [0.1, 0.15) is 5.82 Å². The van der Waals surface area contributed by atoms with E-state index in [4.69, 9.17) is 0 Å². The predicted molar refractivity (Wildman–Crippen MR) is 77.9 cm³/mol. The molecule has 0 unspecified atom stereocenters. The zero-order chi connectivity index (χ0) is 13.8. The lowest BCUT2D eigenvalue weighted by atomic mass is 9.99. The van der Waals surface area contributed by atoms with Gasteiger partial charge in [0.15, 0.2) is 5.78 Å². The van der Waals surface area contributed by atoms with Crippen molar-refractivity contribution in [2.24, 2.45) is 0 Å². The fraction of sp³-hybridized carbons (Fsp3) is 0.188. The van der Waals surface area contributed by atoms with Crippen LogP contribution < -0.4 is 0 Å². The summed E-state index contributed by atoms with van der Waals surface area (Å²) in [6, 6.07) is 12.5. The fourth-order valence-electron chi connectivity index (χ4n) is 1.99. The highest BCUT2D eigenvalue weighted by molar-refractivity contribution is 9.10. The Labute approximate surface area is 120 Å². The summed E-state index contributed by atoms with van der Waals surface area (Å²) in [5, 5.41) is 0. The molecule has 0 aliphatic carbocycles. The number of benzene rings is 2. The van der Waals surface area contributed by atoms with E-state index >= 15 is 0 Å². The Hall–Kier alpha value is -1.48. The maximum Gasteiger partial charge on any atom is 0.166 e. The third kappa shape index (κ3) is 3.51. The van der Waals surface area contributed by atoms with Crippen molar-refractivity contribution in [2.45, 2.75) is 19.8 Å². The molecule has 0 atom stereocenters. The molecular weight excluding hydrogens is 307 g/mol. The van der Waals surface area contributed by atoms with Gasteiger partial charge >= 0.3 is 0 Å². The third-order valence-electron chi connectivity index (χ3n) is 3.11. The van der Waals surface area contributed by atoms with Crippen LogP contribution in [0.25, 0.3) is 0 Å². The number of ketones is 1. The molecule has 0 heterocycles. The Kier molecular flexibility index (Phi) is 4.48. The fourth-order valence-corrected chi connectivity index (χ4v) is 2.32. The van der Waals surface area contributed by atoms with Crippen molar-refractivity contribution in [1.82, 2.24) is 0 Å². The van der Waals surface area contributed by atoms with Gasteiger partial charge in [-0.05, 0) is 42.7 Å². The highest BCUT2D eigenvalue weighted by atomic mass is 79.9. The van der Waals surface area contributed by atoms with Gasteiger partial charge in [-0.3, -0.25) is 4.79 Å². The minimum absolute atomic E-state index is 0.159. The van der Waals surface area contributed by atoms with Gasteiger partial charge in [-0.2, -0.15) is 0 Å². The summed E-state index contributed by atoms with van der Waals surface area (Å²) in [6.45, 7) is 2.01. The average Bonchev–Trinajstić information content (AvgIpc) is 2.37. The number of rotatable bonds is 4. The average molecular weight is 321 g/mol. The molecule has 1 nitrogen and oxygen atoms in total. The molecule has 0 bridgehead atoms. The van der Waals surface area contributed by atoms with E-state index in [0.29, 0.717) is 17.3 Å². The van der Waals surface area contributed by atoms with Gasteiger partial charge in [0.25, 0.3) is 0 Å². The zero-order valence-corrected chi connectivity index (χ0v) is 12.2. The number of aryl methyl sites for hydroxylation is 2. The lowest BCUT2D eigenvalue weighted by molar-refractivity contribution is 0.0979. The molecule has 98 valence electrons. The highest BCUT2D eigenvalue weighted by Crippen LogP contribution is 2.18. The highest BCUT2D eigenvalue weighted by Gasteiger charge is 2.12. The number of Topliss-reactive ketones (excluding diaryl/α,β-unsaturated/α-hetero) is 1. The molecule has 0 aliphatic heterocycles. The van der Waals surface area contributed by atoms with E-state index in [1.165, 1.54) is 12.1 Å². The summed E-state index contributed by atoms with van der Waals surface area (Å²) in [5.74, 6) is -0.627. The van der Waals surface area contributed by atoms with Crippen molar-refractivity contribution in [3.63, 3.8) is 0 Å². The summed E-state index contributed by atoms with van der Waals surface area (Å²) in [4.78, 5) is 12.0. The smallest absolute Gasteiger partial charge is 0.166 e. The van der Waals surface area contributed by atoms with E-state index in [-0.39, 0.29) is 11.3 Å². The second kappa shape index (κ2) is 6.11. The van der Waals surface area contributed by atoms with Crippen LogP contribution in [0.15, 0.2) is 46.9 Å². The summed E-state index contributed by atoms with van der Waals surface area (Å²) < 4.78 is 14.3. The van der Waals surface area contributed by atoms with E-state index < -0.39 is 5.82 Å².